The Hall–Kier alpha value is -1.75. The highest BCUT2D eigenvalue weighted by Gasteiger charge is 2.12. The highest BCUT2D eigenvalue weighted by Crippen LogP contribution is 2.22. The fraction of sp³-hybridized carbons (Fsp3) is 0.111. The number of nitrogens with two attached hydrogens (primary N) is 1. The Morgan fingerprint density at radius 2 is 2.13 bits per heavy atom. The molecule has 0 bridgehead atoms. The highest BCUT2D eigenvalue weighted by atomic mass is 35.5. The Labute approximate surface area is 90.4 Å². The summed E-state index contributed by atoms with van der Waals surface area (Å²) in [7, 11) is 0. The summed E-state index contributed by atoms with van der Waals surface area (Å²) in [5, 5.41) is 9.08. The molecule has 0 spiro atoms. The van der Waals surface area contributed by atoms with Gasteiger partial charge in [-0.15, -0.1) is 0 Å². The van der Waals surface area contributed by atoms with Crippen molar-refractivity contribution in [2.45, 2.75) is 0 Å². The van der Waals surface area contributed by atoms with Crippen LogP contribution in [0.4, 0.5) is 0 Å². The van der Waals surface area contributed by atoms with Crippen LogP contribution in [0.15, 0.2) is 18.2 Å². The summed E-state index contributed by atoms with van der Waals surface area (Å²) in [6, 6.07) is 4.07. The third-order valence-electron chi connectivity index (χ3n) is 1.54. The Balaban J connectivity index is 2.95. The van der Waals surface area contributed by atoms with E-state index in [0.29, 0.717) is 0 Å². The van der Waals surface area contributed by atoms with Gasteiger partial charge in [0.15, 0.2) is 6.61 Å². The van der Waals surface area contributed by atoms with Crippen molar-refractivity contribution >= 4 is 23.5 Å². The van der Waals surface area contributed by atoms with Gasteiger partial charge in [0.05, 0.1) is 0 Å². The number of carbonyl (C=O) groups excluding carboxylic acids is 1. The second-order valence-electron chi connectivity index (χ2n) is 2.70. The summed E-state index contributed by atoms with van der Waals surface area (Å²) >= 11 is 5.61. The van der Waals surface area contributed by atoms with Crippen LogP contribution in [0.25, 0.3) is 0 Å². The van der Waals surface area contributed by atoms with E-state index in [4.69, 9.17) is 27.2 Å². The van der Waals surface area contributed by atoms with Crippen LogP contribution in [-0.4, -0.2) is 23.6 Å². The summed E-state index contributed by atoms with van der Waals surface area (Å²) in [6.45, 7) is -0.373. The Morgan fingerprint density at radius 3 is 2.67 bits per heavy atom. The minimum absolute atomic E-state index is 0.0608. The molecule has 0 heterocycles. The van der Waals surface area contributed by atoms with E-state index >= 15 is 0 Å². The van der Waals surface area contributed by atoms with E-state index in [9.17, 15) is 9.59 Å². The monoisotopic (exact) mass is 229 g/mol. The molecule has 0 radical (unpaired) electrons. The van der Waals surface area contributed by atoms with Gasteiger partial charge in [-0.05, 0) is 18.2 Å². The van der Waals surface area contributed by atoms with E-state index in [1.54, 1.807) is 0 Å². The average molecular weight is 230 g/mol. The summed E-state index contributed by atoms with van der Waals surface area (Å²) in [5.41, 5.74) is 4.75. The van der Waals surface area contributed by atoms with Gasteiger partial charge in [0, 0.05) is 5.02 Å². The fourth-order valence-corrected chi connectivity index (χ4v) is 1.12. The maximum absolute atomic E-state index is 10.8. The standard InChI is InChI=1S/C9H8ClNO4/c10-5-1-2-7(15-4-8(11)12)6(3-5)9(13)14/h1-3H,4H2,(H2,11,12)(H,13,14). The molecule has 80 valence electrons. The van der Waals surface area contributed by atoms with E-state index in [-0.39, 0.29) is 22.9 Å². The van der Waals surface area contributed by atoms with Gasteiger partial charge < -0.3 is 15.6 Å². The molecule has 0 unspecified atom stereocenters. The first-order valence-corrected chi connectivity index (χ1v) is 4.32. The quantitative estimate of drug-likeness (QED) is 0.803. The minimum atomic E-state index is -1.18. The lowest BCUT2D eigenvalue weighted by atomic mass is 10.2. The van der Waals surface area contributed by atoms with E-state index < -0.39 is 11.9 Å². The largest absolute Gasteiger partial charge is 0.483 e. The lowest BCUT2D eigenvalue weighted by molar-refractivity contribution is -0.119. The van der Waals surface area contributed by atoms with Gasteiger partial charge >= 0.3 is 5.97 Å². The van der Waals surface area contributed by atoms with Crippen LogP contribution in [-0.2, 0) is 4.79 Å². The number of ether oxygens (including phenoxy) is 1. The Kier molecular flexibility index (Phi) is 3.51. The van der Waals surface area contributed by atoms with Gasteiger partial charge in [-0.1, -0.05) is 11.6 Å². The highest BCUT2D eigenvalue weighted by molar-refractivity contribution is 6.31. The van der Waals surface area contributed by atoms with Gasteiger partial charge in [0.25, 0.3) is 5.91 Å². The van der Waals surface area contributed by atoms with E-state index in [1.807, 2.05) is 0 Å². The zero-order chi connectivity index (χ0) is 11.4. The molecule has 0 aliphatic rings. The van der Waals surface area contributed by atoms with E-state index in [0.717, 1.165) is 0 Å². The number of primary amides is 1. The molecule has 6 heteroatoms. The minimum Gasteiger partial charge on any atom is -0.483 e. The molecule has 1 rings (SSSR count). The van der Waals surface area contributed by atoms with Gasteiger partial charge in [-0.3, -0.25) is 4.79 Å². The molecule has 0 atom stereocenters. The van der Waals surface area contributed by atoms with Gasteiger partial charge in [-0.2, -0.15) is 0 Å². The van der Waals surface area contributed by atoms with E-state index in [1.165, 1.54) is 18.2 Å². The van der Waals surface area contributed by atoms with E-state index in [2.05, 4.69) is 0 Å². The molecule has 0 saturated carbocycles. The summed E-state index contributed by atoms with van der Waals surface area (Å²) in [4.78, 5) is 21.2. The molecule has 0 fully saturated rings. The zero-order valence-electron chi connectivity index (χ0n) is 7.57. The number of amides is 1. The first kappa shape index (κ1) is 11.3. The van der Waals surface area contributed by atoms with Gasteiger partial charge in [0.1, 0.15) is 11.3 Å². The smallest absolute Gasteiger partial charge is 0.339 e. The van der Waals surface area contributed by atoms with Crippen molar-refractivity contribution in [3.05, 3.63) is 28.8 Å². The number of carbonyl (C=O) groups is 2. The third kappa shape index (κ3) is 3.14. The summed E-state index contributed by atoms with van der Waals surface area (Å²) in [6.07, 6.45) is 0. The molecule has 0 saturated heterocycles. The van der Waals surface area contributed by atoms with Crippen molar-refractivity contribution in [2.24, 2.45) is 5.73 Å². The average Bonchev–Trinajstić information content (AvgIpc) is 2.15. The van der Waals surface area contributed by atoms with Crippen LogP contribution in [0.3, 0.4) is 0 Å². The molecular formula is C9H8ClNO4. The Morgan fingerprint density at radius 1 is 1.47 bits per heavy atom. The second kappa shape index (κ2) is 4.65. The molecule has 3 N–H and O–H groups in total. The van der Waals surface area contributed by atoms with Crippen molar-refractivity contribution in [3.63, 3.8) is 0 Å². The van der Waals surface area contributed by atoms with Gasteiger partial charge in [0.2, 0.25) is 0 Å². The number of hydrogen-bond donors (Lipinski definition) is 2. The van der Waals surface area contributed by atoms with Crippen molar-refractivity contribution in [3.8, 4) is 5.75 Å². The predicted octanol–water partition coefficient (Wildman–Crippen LogP) is 0.902. The molecule has 15 heavy (non-hydrogen) atoms. The maximum atomic E-state index is 10.8. The predicted molar refractivity (Wildman–Crippen MR) is 53.1 cm³/mol. The Bertz CT molecular complexity index is 405. The number of hydrogen-bond acceptors (Lipinski definition) is 3. The van der Waals surface area contributed by atoms with Crippen molar-refractivity contribution in [1.29, 1.82) is 0 Å². The van der Waals surface area contributed by atoms with Crippen molar-refractivity contribution in [2.75, 3.05) is 6.61 Å². The number of carboxylic acids is 1. The number of rotatable bonds is 4. The fourth-order valence-electron chi connectivity index (χ4n) is 0.944. The third-order valence-corrected chi connectivity index (χ3v) is 1.78. The molecule has 5 nitrogen and oxygen atoms in total. The lowest BCUT2D eigenvalue weighted by Crippen LogP contribution is -2.20. The first-order valence-electron chi connectivity index (χ1n) is 3.94. The van der Waals surface area contributed by atoms with Crippen LogP contribution in [0.2, 0.25) is 5.02 Å². The molecule has 1 aromatic carbocycles. The number of carboxylic acid groups (broad SMARTS) is 1. The van der Waals surface area contributed by atoms with Crippen LogP contribution >= 0.6 is 11.6 Å². The first-order chi connectivity index (χ1) is 7.00. The molecule has 0 aliphatic heterocycles. The second-order valence-corrected chi connectivity index (χ2v) is 3.14. The topological polar surface area (TPSA) is 89.6 Å². The molecule has 1 amide bonds. The lowest BCUT2D eigenvalue weighted by Gasteiger charge is -2.07. The van der Waals surface area contributed by atoms with Crippen LogP contribution in [0.1, 0.15) is 10.4 Å². The van der Waals surface area contributed by atoms with Crippen LogP contribution in [0.5, 0.6) is 5.75 Å². The zero-order valence-corrected chi connectivity index (χ0v) is 8.32. The molecule has 0 aromatic heterocycles. The van der Waals surface area contributed by atoms with Crippen LogP contribution < -0.4 is 10.5 Å². The molecule has 0 aliphatic carbocycles. The number of benzene rings is 1. The molecular weight excluding hydrogens is 222 g/mol. The van der Waals surface area contributed by atoms with Crippen molar-refractivity contribution < 1.29 is 19.4 Å². The summed E-state index contributed by atoms with van der Waals surface area (Å²) < 4.78 is 4.90. The number of halogens is 1. The van der Waals surface area contributed by atoms with Crippen LogP contribution in [0, 0.1) is 0 Å². The SMILES string of the molecule is NC(=O)COc1ccc(Cl)cc1C(=O)O. The number of aromatic carboxylic acids is 1. The summed E-state index contributed by atoms with van der Waals surface area (Å²) in [5.74, 6) is -1.80. The normalized spacial score (nSPS) is 9.67. The maximum Gasteiger partial charge on any atom is 0.339 e. The van der Waals surface area contributed by atoms with Gasteiger partial charge in [-0.25, -0.2) is 4.79 Å². The molecule has 1 aromatic rings. The van der Waals surface area contributed by atoms with Crippen molar-refractivity contribution in [1.82, 2.24) is 0 Å².